The summed E-state index contributed by atoms with van der Waals surface area (Å²) in [5.41, 5.74) is 5.55. The van der Waals surface area contributed by atoms with E-state index in [0.717, 1.165) is 28.9 Å². The largest absolute Gasteiger partial charge is 0.497 e. The van der Waals surface area contributed by atoms with Gasteiger partial charge in [-0.3, -0.25) is 0 Å². The number of sulfonamides is 1. The highest BCUT2D eigenvalue weighted by molar-refractivity contribution is 7.89. The molecule has 0 amide bonds. The average Bonchev–Trinajstić information content (AvgIpc) is 3.06. The van der Waals surface area contributed by atoms with Crippen molar-refractivity contribution in [1.29, 1.82) is 0 Å². The molecule has 4 rings (SSSR count). The van der Waals surface area contributed by atoms with Gasteiger partial charge in [-0.2, -0.15) is 4.31 Å². The van der Waals surface area contributed by atoms with Crippen LogP contribution in [0.15, 0.2) is 71.6 Å². The van der Waals surface area contributed by atoms with Gasteiger partial charge in [-0.25, -0.2) is 8.42 Å². The molecule has 27 heavy (non-hydrogen) atoms. The number of methoxy groups -OCH3 is 1. The molecule has 0 heterocycles. The lowest BCUT2D eigenvalue weighted by atomic mass is 10.1. The average molecular weight is 379 g/mol. The molecule has 5 heteroatoms. The van der Waals surface area contributed by atoms with Crippen molar-refractivity contribution in [2.45, 2.75) is 17.9 Å². The maximum Gasteiger partial charge on any atom is 0.243 e. The van der Waals surface area contributed by atoms with Crippen molar-refractivity contribution >= 4 is 10.0 Å². The Hall–Kier alpha value is -2.63. The van der Waals surface area contributed by atoms with Crippen LogP contribution in [0.3, 0.4) is 0 Å². The van der Waals surface area contributed by atoms with Gasteiger partial charge in [0, 0.05) is 13.6 Å². The van der Waals surface area contributed by atoms with E-state index in [1.54, 1.807) is 20.2 Å². The quantitative estimate of drug-likeness (QED) is 0.525. The standard InChI is InChI=1S/C22H21NO3S/c1-23(15-16-7-9-19(26-2)10-8-16)27(24,25)20-11-12-22-18(14-20)13-17-5-3-4-6-21(17)22/h3-12,14H,13,15H2,1-2H3. The van der Waals surface area contributed by atoms with Crippen LogP contribution in [-0.2, 0) is 23.0 Å². The molecule has 0 bridgehead atoms. The minimum absolute atomic E-state index is 0.309. The Morgan fingerprint density at radius 2 is 1.63 bits per heavy atom. The molecule has 0 spiro atoms. The lowest BCUT2D eigenvalue weighted by molar-refractivity contribution is 0.414. The summed E-state index contributed by atoms with van der Waals surface area (Å²) in [5.74, 6) is 0.752. The van der Waals surface area contributed by atoms with Gasteiger partial charge in [-0.1, -0.05) is 42.5 Å². The number of hydrogen-bond acceptors (Lipinski definition) is 3. The minimum Gasteiger partial charge on any atom is -0.497 e. The maximum absolute atomic E-state index is 13.0. The van der Waals surface area contributed by atoms with Crippen molar-refractivity contribution in [2.75, 3.05) is 14.2 Å². The van der Waals surface area contributed by atoms with E-state index in [4.69, 9.17) is 4.74 Å². The van der Waals surface area contributed by atoms with Crippen LogP contribution in [0.5, 0.6) is 5.75 Å². The van der Waals surface area contributed by atoms with Gasteiger partial charge >= 0.3 is 0 Å². The van der Waals surface area contributed by atoms with E-state index < -0.39 is 10.0 Å². The number of benzene rings is 3. The summed E-state index contributed by atoms with van der Waals surface area (Å²) in [7, 11) is -0.338. The molecule has 1 aliphatic rings. The molecule has 0 unspecified atom stereocenters. The summed E-state index contributed by atoms with van der Waals surface area (Å²) in [6.45, 7) is 0.309. The van der Waals surface area contributed by atoms with E-state index in [1.165, 1.54) is 15.4 Å². The minimum atomic E-state index is -3.56. The molecule has 0 fully saturated rings. The molecule has 0 atom stereocenters. The fraction of sp³-hybridized carbons (Fsp3) is 0.182. The first-order valence-electron chi connectivity index (χ1n) is 8.79. The van der Waals surface area contributed by atoms with E-state index in [0.29, 0.717) is 11.4 Å². The number of nitrogens with zero attached hydrogens (tertiary/aromatic N) is 1. The summed E-state index contributed by atoms with van der Waals surface area (Å²) >= 11 is 0. The summed E-state index contributed by atoms with van der Waals surface area (Å²) in [4.78, 5) is 0.338. The predicted molar refractivity (Wildman–Crippen MR) is 106 cm³/mol. The van der Waals surface area contributed by atoms with Crippen LogP contribution in [0, 0.1) is 0 Å². The van der Waals surface area contributed by atoms with Gasteiger partial charge < -0.3 is 4.74 Å². The third-order valence-corrected chi connectivity index (χ3v) is 6.84. The highest BCUT2D eigenvalue weighted by Gasteiger charge is 2.25. The van der Waals surface area contributed by atoms with E-state index >= 15 is 0 Å². The predicted octanol–water partition coefficient (Wildman–Crippen LogP) is 4.09. The van der Waals surface area contributed by atoms with Gasteiger partial charge in [0.15, 0.2) is 0 Å². The summed E-state index contributed by atoms with van der Waals surface area (Å²) in [6.07, 6.45) is 0.775. The molecule has 0 radical (unpaired) electrons. The van der Waals surface area contributed by atoms with Crippen molar-refractivity contribution in [2.24, 2.45) is 0 Å². The zero-order valence-electron chi connectivity index (χ0n) is 15.3. The van der Waals surface area contributed by atoms with Crippen LogP contribution in [0.1, 0.15) is 16.7 Å². The molecule has 0 N–H and O–H groups in total. The first-order valence-corrected chi connectivity index (χ1v) is 10.2. The van der Waals surface area contributed by atoms with Crippen molar-refractivity contribution in [3.8, 4) is 16.9 Å². The van der Waals surface area contributed by atoms with Crippen molar-refractivity contribution < 1.29 is 13.2 Å². The van der Waals surface area contributed by atoms with Gasteiger partial charge in [0.05, 0.1) is 12.0 Å². The van der Waals surface area contributed by atoms with E-state index in [9.17, 15) is 8.42 Å². The molecular weight excluding hydrogens is 358 g/mol. The molecule has 3 aromatic rings. The molecule has 3 aromatic carbocycles. The van der Waals surface area contributed by atoms with Crippen molar-refractivity contribution in [1.82, 2.24) is 4.31 Å². The van der Waals surface area contributed by atoms with Crippen molar-refractivity contribution in [3.63, 3.8) is 0 Å². The highest BCUT2D eigenvalue weighted by atomic mass is 32.2. The molecule has 4 nitrogen and oxygen atoms in total. The van der Waals surface area contributed by atoms with Crippen LogP contribution >= 0.6 is 0 Å². The Morgan fingerprint density at radius 3 is 2.37 bits per heavy atom. The highest BCUT2D eigenvalue weighted by Crippen LogP contribution is 2.37. The molecule has 0 aliphatic heterocycles. The zero-order chi connectivity index (χ0) is 19.0. The lowest BCUT2D eigenvalue weighted by Crippen LogP contribution is -2.26. The van der Waals surface area contributed by atoms with Crippen LogP contribution < -0.4 is 4.74 Å². The molecule has 0 aromatic heterocycles. The fourth-order valence-corrected chi connectivity index (χ4v) is 4.75. The number of fused-ring (bicyclic) bond motifs is 3. The third-order valence-electron chi connectivity index (χ3n) is 5.04. The van der Waals surface area contributed by atoms with Crippen LogP contribution in [0.25, 0.3) is 11.1 Å². The first kappa shape index (κ1) is 17.8. The summed E-state index contributed by atoms with van der Waals surface area (Å²) < 4.78 is 32.6. The summed E-state index contributed by atoms with van der Waals surface area (Å²) in [5, 5.41) is 0. The van der Waals surface area contributed by atoms with Gasteiger partial charge in [-0.05, 0) is 58.5 Å². The van der Waals surface area contributed by atoms with Gasteiger partial charge in [0.25, 0.3) is 0 Å². The van der Waals surface area contributed by atoms with Gasteiger partial charge in [-0.15, -0.1) is 0 Å². The smallest absolute Gasteiger partial charge is 0.243 e. The first-order chi connectivity index (χ1) is 13.0. The number of rotatable bonds is 5. The SMILES string of the molecule is COc1ccc(CN(C)S(=O)(=O)c2ccc3c(c2)Cc2ccccc2-3)cc1. The number of ether oxygens (including phenoxy) is 1. The monoisotopic (exact) mass is 379 g/mol. The second kappa shape index (κ2) is 6.83. The second-order valence-corrected chi connectivity index (χ2v) is 8.81. The van der Waals surface area contributed by atoms with Crippen LogP contribution in [0.2, 0.25) is 0 Å². The topological polar surface area (TPSA) is 46.6 Å². The Bertz CT molecular complexity index is 1090. The van der Waals surface area contributed by atoms with E-state index in [-0.39, 0.29) is 0 Å². The van der Waals surface area contributed by atoms with Gasteiger partial charge in [0.1, 0.15) is 5.75 Å². The summed E-state index contributed by atoms with van der Waals surface area (Å²) in [6, 6.07) is 21.1. The van der Waals surface area contributed by atoms with Crippen molar-refractivity contribution in [3.05, 3.63) is 83.4 Å². The molecular formula is C22H21NO3S. The fourth-order valence-electron chi connectivity index (χ4n) is 3.53. The Morgan fingerprint density at radius 1 is 0.926 bits per heavy atom. The van der Waals surface area contributed by atoms with E-state index in [1.807, 2.05) is 48.5 Å². The molecule has 0 saturated carbocycles. The third kappa shape index (κ3) is 3.24. The normalized spacial score (nSPS) is 12.7. The molecule has 0 saturated heterocycles. The second-order valence-electron chi connectivity index (χ2n) is 6.76. The lowest BCUT2D eigenvalue weighted by Gasteiger charge is -2.18. The van der Waals surface area contributed by atoms with Crippen LogP contribution in [-0.4, -0.2) is 26.9 Å². The maximum atomic E-state index is 13.0. The van der Waals surface area contributed by atoms with Crippen LogP contribution in [0.4, 0.5) is 0 Å². The Balaban J connectivity index is 1.59. The Labute approximate surface area is 160 Å². The zero-order valence-corrected chi connectivity index (χ0v) is 16.2. The Kier molecular flexibility index (Phi) is 4.50. The molecule has 1 aliphatic carbocycles. The number of hydrogen-bond donors (Lipinski definition) is 0. The van der Waals surface area contributed by atoms with E-state index in [2.05, 4.69) is 12.1 Å². The molecule has 138 valence electrons. The van der Waals surface area contributed by atoms with Gasteiger partial charge in [0.2, 0.25) is 10.0 Å².